The maximum absolute atomic E-state index is 12.8. The van der Waals surface area contributed by atoms with Gasteiger partial charge in [-0.2, -0.15) is 20.4 Å². The number of nitrogens with zero attached hydrogens (tertiary/aromatic N) is 14. The molecule has 5 unspecified atom stereocenters. The van der Waals surface area contributed by atoms with Gasteiger partial charge in [0.25, 0.3) is 0 Å². The zero-order chi connectivity index (χ0) is 87.6. The van der Waals surface area contributed by atoms with Gasteiger partial charge in [-0.3, -0.25) is 39.1 Å². The molecule has 8 aromatic rings. The van der Waals surface area contributed by atoms with Crippen LogP contribution in [0.4, 0.5) is 32.3 Å². The summed E-state index contributed by atoms with van der Waals surface area (Å²) < 4.78 is 11.5. The molecule has 2 aliphatic heterocycles. The number of rotatable bonds is 22. The SMILES string of the molecule is CCCC(=O)Nc1ccc(-c2nnc(C)c3c2CCCCCC3)nc1.CCCC(=O)Nc1ccc(-c2nnc(C)nn2)nc1.CCCC(=O)Nc1ccc(C2=NN=C(C)C3CCCCCC(OC(=O)NCc4ccccc4)C23)nc1.CCCC(=O)Nc1ccc(C2=NN=C(C)C3CCCCCC=C23)nc1.O=C(NCc1ccccc1)OC1/C=C/CCCCC1. The number of nitrogens with one attached hydrogen (secondary N) is 6. The van der Waals surface area contributed by atoms with Crippen molar-refractivity contribution in [2.45, 2.75) is 267 Å². The van der Waals surface area contributed by atoms with Crippen LogP contribution in [0.2, 0.25) is 0 Å². The normalized spacial score (nSPS) is 18.1. The Morgan fingerprint density at radius 1 is 0.419 bits per heavy atom. The van der Waals surface area contributed by atoms with Gasteiger partial charge in [-0.05, 0) is 226 Å². The molecule has 2 aromatic carbocycles. The lowest BCUT2D eigenvalue weighted by Gasteiger charge is -2.37. The van der Waals surface area contributed by atoms with Crippen LogP contribution in [0.3, 0.4) is 0 Å². The average Bonchev–Trinajstić information content (AvgIpc) is 0.434. The van der Waals surface area contributed by atoms with Gasteiger partial charge in [0.2, 0.25) is 29.5 Å². The van der Waals surface area contributed by atoms with Gasteiger partial charge in [-0.1, -0.05) is 145 Å². The molecule has 1 saturated carbocycles. The second kappa shape index (κ2) is 50.9. The Balaban J connectivity index is 0.000000166. The van der Waals surface area contributed by atoms with E-state index in [2.05, 4.69) is 129 Å². The number of alkyl carbamates (subject to hydrolysis) is 2. The molecule has 0 spiro atoms. The molecular weight excluding hydrogens is 1560 g/mol. The molecule has 8 heterocycles. The topological polar surface area (TPSA) is 371 Å². The zero-order valence-corrected chi connectivity index (χ0v) is 73.3. The minimum Gasteiger partial charge on any atom is -0.446 e. The van der Waals surface area contributed by atoms with E-state index in [9.17, 15) is 28.8 Å². The highest BCUT2D eigenvalue weighted by Gasteiger charge is 2.41. The first kappa shape index (κ1) is 93.9. The molecule has 6 amide bonds. The molecule has 654 valence electrons. The summed E-state index contributed by atoms with van der Waals surface area (Å²) >= 11 is 0. The van der Waals surface area contributed by atoms with Crippen molar-refractivity contribution < 1.29 is 38.2 Å². The van der Waals surface area contributed by atoms with Crippen LogP contribution in [-0.4, -0.2) is 121 Å². The van der Waals surface area contributed by atoms with Gasteiger partial charge < -0.3 is 41.4 Å². The fourth-order valence-electron chi connectivity index (χ4n) is 15.5. The van der Waals surface area contributed by atoms with Crippen molar-refractivity contribution in [3.63, 3.8) is 0 Å². The zero-order valence-electron chi connectivity index (χ0n) is 73.3. The van der Waals surface area contributed by atoms with E-state index in [1.165, 1.54) is 74.5 Å². The lowest BCUT2D eigenvalue weighted by molar-refractivity contribution is -0.117. The molecule has 6 aliphatic rings. The number of aryl methyl sites for hydroxylation is 2. The van der Waals surface area contributed by atoms with Crippen molar-refractivity contribution in [2.75, 3.05) is 21.3 Å². The fraction of sp³-hybridized carbons (Fsp3) is 0.458. The number of ether oxygens (including phenoxy) is 2. The second-order valence-electron chi connectivity index (χ2n) is 31.9. The van der Waals surface area contributed by atoms with Crippen LogP contribution in [0, 0.1) is 31.6 Å². The van der Waals surface area contributed by atoms with Crippen molar-refractivity contribution in [1.82, 2.24) is 61.2 Å². The van der Waals surface area contributed by atoms with E-state index < -0.39 is 6.09 Å². The first-order chi connectivity index (χ1) is 60.4. The summed E-state index contributed by atoms with van der Waals surface area (Å²) in [6.45, 7) is 16.7. The van der Waals surface area contributed by atoms with Crippen LogP contribution in [0.15, 0.2) is 178 Å². The summed E-state index contributed by atoms with van der Waals surface area (Å²) in [5.74, 6) is 1.23. The first-order valence-corrected chi connectivity index (χ1v) is 44.5. The minimum atomic E-state index is -0.426. The van der Waals surface area contributed by atoms with E-state index in [1.807, 2.05) is 138 Å². The molecule has 1 fully saturated rings. The Kier molecular flexibility index (Phi) is 38.5. The highest BCUT2D eigenvalue weighted by Crippen LogP contribution is 2.38. The molecule has 14 rings (SSSR count). The number of carbonyl (C=O) groups is 6. The number of hydrogen-bond donors (Lipinski definition) is 6. The smallest absolute Gasteiger partial charge is 0.407 e. The predicted octanol–water partition coefficient (Wildman–Crippen LogP) is 19.4. The maximum Gasteiger partial charge on any atom is 0.407 e. The summed E-state index contributed by atoms with van der Waals surface area (Å²) in [6.07, 6.45) is 40.8. The van der Waals surface area contributed by atoms with E-state index in [1.54, 1.807) is 43.8 Å². The summed E-state index contributed by atoms with van der Waals surface area (Å²) in [4.78, 5) is 89.2. The Labute approximate surface area is 729 Å². The molecule has 28 heteroatoms. The van der Waals surface area contributed by atoms with Gasteiger partial charge in [0.15, 0.2) is 5.82 Å². The minimum absolute atomic E-state index is 0.0213. The molecule has 6 N–H and O–H groups in total. The summed E-state index contributed by atoms with van der Waals surface area (Å²) in [5, 5.41) is 59.2. The Bertz CT molecular complexity index is 4930. The molecule has 6 aromatic heterocycles. The standard InChI is InChI=1S/C28H35N5O3.2C20H26N4O.C16H21NO2.C12H14N6O/c1-3-10-25(34)31-21-15-16-23(29-18-21)27-26-22(19(2)32-33-27)13-8-5-9-14-24(26)36-28(35)30-17-20-11-6-4-7-12-20;2*1-3-8-19(25)22-15-11-12-18(21-13-15)20-17-10-7-5-4-6-9-16(17)14(2)23-24-20;18-16(17-13-14-9-5-4-6-10-14)19-15-11-7-2-1-3-8-12-15;1-3-4-11(19)14-9-5-6-10(13-7-9)12-17-15-8(2)16-18-12/h4,6-7,11-12,15-16,18,22,24,26H,3,5,8-10,13-14,17H2,1-2H3,(H,30,35)(H,31,34);11-13H,3-10H2,1-2H3,(H,22,25);10-13,16H,3-9H2,1-2H3,(H,22,25);4-7,9-11,15H,1-3,8,12-13H2,(H,17,18);5-7H,3-4H2,1-2H3,(H,14,19)/b;;;11-7+;. The summed E-state index contributed by atoms with van der Waals surface area (Å²) in [7, 11) is 0. The van der Waals surface area contributed by atoms with Crippen LogP contribution in [0.5, 0.6) is 0 Å². The molecule has 0 radical (unpaired) electrons. The lowest BCUT2D eigenvalue weighted by atomic mass is 9.73. The van der Waals surface area contributed by atoms with Crippen LogP contribution in [0.1, 0.15) is 260 Å². The largest absolute Gasteiger partial charge is 0.446 e. The third kappa shape index (κ3) is 30.3. The van der Waals surface area contributed by atoms with Crippen molar-refractivity contribution in [3.8, 4) is 22.9 Å². The van der Waals surface area contributed by atoms with Crippen LogP contribution in [0.25, 0.3) is 22.9 Å². The molecule has 28 nitrogen and oxygen atoms in total. The number of anilines is 4. The highest BCUT2D eigenvalue weighted by molar-refractivity contribution is 6.16. The first-order valence-electron chi connectivity index (χ1n) is 44.5. The molecule has 4 aliphatic carbocycles. The number of aromatic nitrogens is 10. The Morgan fingerprint density at radius 3 is 1.44 bits per heavy atom. The summed E-state index contributed by atoms with van der Waals surface area (Å²) in [5.41, 5.74) is 17.3. The quantitative estimate of drug-likeness (QED) is 0.0343. The van der Waals surface area contributed by atoms with Gasteiger partial charge in [-0.25, -0.2) is 9.59 Å². The van der Waals surface area contributed by atoms with E-state index in [4.69, 9.17) is 9.47 Å². The Hall–Kier alpha value is -12.4. The number of amides is 6. The monoisotopic (exact) mass is 1680 g/mol. The lowest BCUT2D eigenvalue weighted by Crippen LogP contribution is -2.44. The number of pyridine rings is 4. The van der Waals surface area contributed by atoms with Crippen molar-refractivity contribution in [1.29, 1.82) is 0 Å². The molecule has 5 atom stereocenters. The predicted molar refractivity (Wildman–Crippen MR) is 487 cm³/mol. The number of allylic oxidation sites excluding steroid dienone is 3. The number of hydrogen-bond acceptors (Lipinski definition) is 22. The summed E-state index contributed by atoms with van der Waals surface area (Å²) in [6, 6.07) is 34.4. The van der Waals surface area contributed by atoms with Crippen molar-refractivity contribution in [2.24, 2.45) is 38.2 Å². The molecule has 0 saturated heterocycles. The maximum atomic E-state index is 12.8. The van der Waals surface area contributed by atoms with Gasteiger partial charge in [0.1, 0.15) is 29.3 Å². The highest BCUT2D eigenvalue weighted by atomic mass is 16.6. The van der Waals surface area contributed by atoms with Gasteiger partial charge in [0, 0.05) is 62.0 Å². The van der Waals surface area contributed by atoms with Gasteiger partial charge in [-0.15, -0.1) is 30.6 Å². The van der Waals surface area contributed by atoms with Crippen LogP contribution < -0.4 is 31.9 Å². The third-order valence-corrected chi connectivity index (χ3v) is 22.0. The molecular formula is C96H122N20O8. The fourth-order valence-corrected chi connectivity index (χ4v) is 15.5. The van der Waals surface area contributed by atoms with Gasteiger partial charge in [0.05, 0.1) is 81.9 Å². The number of benzene rings is 2. The van der Waals surface area contributed by atoms with Crippen LogP contribution >= 0.6 is 0 Å². The third-order valence-electron chi connectivity index (χ3n) is 22.0. The molecule has 124 heavy (non-hydrogen) atoms. The van der Waals surface area contributed by atoms with E-state index in [0.29, 0.717) is 79.1 Å². The van der Waals surface area contributed by atoms with E-state index >= 15 is 0 Å². The van der Waals surface area contributed by atoms with Gasteiger partial charge >= 0.3 is 12.2 Å². The van der Waals surface area contributed by atoms with E-state index in [-0.39, 0.29) is 53.8 Å². The van der Waals surface area contributed by atoms with Crippen LogP contribution in [-0.2, 0) is 54.6 Å². The Morgan fingerprint density at radius 2 is 0.895 bits per heavy atom. The average molecular weight is 1680 g/mol. The van der Waals surface area contributed by atoms with Crippen molar-refractivity contribution >= 4 is 81.4 Å². The number of fused-ring (bicyclic) bond motifs is 3. The second-order valence-corrected chi connectivity index (χ2v) is 31.9. The molecule has 0 bridgehead atoms. The number of carbonyl (C=O) groups excluding carboxylic acids is 6. The van der Waals surface area contributed by atoms with Crippen molar-refractivity contribution in [3.05, 3.63) is 203 Å². The van der Waals surface area contributed by atoms with E-state index in [0.717, 1.165) is 171 Å².